The molecule has 0 bridgehead atoms. The van der Waals surface area contributed by atoms with Crippen molar-refractivity contribution in [2.24, 2.45) is 11.1 Å². The average molecular weight is 212 g/mol. The van der Waals surface area contributed by atoms with E-state index in [9.17, 15) is 0 Å². The van der Waals surface area contributed by atoms with E-state index >= 15 is 0 Å². The first kappa shape index (κ1) is 13.0. The zero-order valence-electron chi connectivity index (χ0n) is 11.0. The van der Waals surface area contributed by atoms with E-state index in [1.807, 2.05) is 0 Å². The van der Waals surface area contributed by atoms with Crippen LogP contribution in [0.15, 0.2) is 0 Å². The molecule has 0 radical (unpaired) electrons. The minimum absolute atomic E-state index is 0.0979. The average Bonchev–Trinajstić information content (AvgIpc) is 2.30. The number of likely N-dealkylation sites (tertiary alicyclic amines) is 1. The van der Waals surface area contributed by atoms with Crippen LogP contribution in [0.2, 0.25) is 0 Å². The predicted molar refractivity (Wildman–Crippen MR) is 67.0 cm³/mol. The van der Waals surface area contributed by atoms with Gasteiger partial charge >= 0.3 is 0 Å². The first-order chi connectivity index (χ1) is 6.83. The summed E-state index contributed by atoms with van der Waals surface area (Å²) in [5.41, 5.74) is 6.34. The summed E-state index contributed by atoms with van der Waals surface area (Å²) < 4.78 is 0. The second-order valence-corrected chi connectivity index (χ2v) is 6.30. The van der Waals surface area contributed by atoms with E-state index < -0.39 is 0 Å². The van der Waals surface area contributed by atoms with Gasteiger partial charge in [-0.15, -0.1) is 0 Å². The van der Waals surface area contributed by atoms with Crippen molar-refractivity contribution in [1.29, 1.82) is 0 Å². The molecule has 0 unspecified atom stereocenters. The zero-order valence-corrected chi connectivity index (χ0v) is 11.0. The summed E-state index contributed by atoms with van der Waals surface area (Å²) in [5.74, 6) is 0. The van der Waals surface area contributed by atoms with Crippen molar-refractivity contribution in [3.63, 3.8) is 0 Å². The highest BCUT2D eigenvalue weighted by Crippen LogP contribution is 2.29. The molecule has 1 heterocycles. The van der Waals surface area contributed by atoms with Gasteiger partial charge in [0, 0.05) is 12.1 Å². The van der Waals surface area contributed by atoms with Gasteiger partial charge in [-0.05, 0) is 45.2 Å². The fourth-order valence-corrected chi connectivity index (χ4v) is 2.06. The van der Waals surface area contributed by atoms with Crippen LogP contribution in [0.5, 0.6) is 0 Å². The lowest BCUT2D eigenvalue weighted by molar-refractivity contribution is 0.116. The maximum atomic E-state index is 6.24. The van der Waals surface area contributed by atoms with Crippen molar-refractivity contribution >= 4 is 0 Å². The van der Waals surface area contributed by atoms with E-state index in [-0.39, 0.29) is 11.0 Å². The van der Waals surface area contributed by atoms with Gasteiger partial charge in [-0.25, -0.2) is 0 Å². The molecule has 0 atom stereocenters. The Morgan fingerprint density at radius 3 is 1.80 bits per heavy atom. The summed E-state index contributed by atoms with van der Waals surface area (Å²) in [4.78, 5) is 2.60. The van der Waals surface area contributed by atoms with E-state index in [4.69, 9.17) is 5.73 Å². The first-order valence-corrected chi connectivity index (χ1v) is 6.34. The van der Waals surface area contributed by atoms with Crippen molar-refractivity contribution in [3.8, 4) is 0 Å². The number of hydrogen-bond donors (Lipinski definition) is 1. The highest BCUT2D eigenvalue weighted by molar-refractivity contribution is 4.92. The summed E-state index contributed by atoms with van der Waals surface area (Å²) in [5, 5.41) is 0. The highest BCUT2D eigenvalue weighted by Gasteiger charge is 2.34. The van der Waals surface area contributed by atoms with Crippen molar-refractivity contribution in [1.82, 2.24) is 4.90 Å². The molecule has 1 saturated heterocycles. The van der Waals surface area contributed by atoms with Crippen molar-refractivity contribution in [2.45, 2.75) is 58.9 Å². The Morgan fingerprint density at radius 1 is 0.933 bits per heavy atom. The second-order valence-electron chi connectivity index (χ2n) is 6.30. The Hall–Kier alpha value is -0.0800. The molecule has 0 saturated carbocycles. The molecule has 0 amide bonds. The minimum Gasteiger partial charge on any atom is -0.325 e. The van der Waals surface area contributed by atoms with Gasteiger partial charge in [0.25, 0.3) is 0 Å². The molecule has 2 heteroatoms. The van der Waals surface area contributed by atoms with E-state index in [1.165, 1.54) is 38.8 Å². The van der Waals surface area contributed by atoms with Crippen LogP contribution >= 0.6 is 0 Å². The fraction of sp³-hybridized carbons (Fsp3) is 1.00. The van der Waals surface area contributed by atoms with Gasteiger partial charge in [-0.3, -0.25) is 0 Å². The normalized spacial score (nSPS) is 21.4. The Bertz CT molecular complexity index is 183. The first-order valence-electron chi connectivity index (χ1n) is 6.34. The van der Waals surface area contributed by atoms with Crippen molar-refractivity contribution < 1.29 is 0 Å². The molecule has 1 fully saturated rings. The summed E-state index contributed by atoms with van der Waals surface area (Å²) in [6.45, 7) is 12.5. The maximum Gasteiger partial charge on any atom is 0.0161 e. The molecule has 0 spiro atoms. The molecular weight excluding hydrogens is 184 g/mol. The molecule has 1 rings (SSSR count). The smallest absolute Gasteiger partial charge is 0.0161 e. The summed E-state index contributed by atoms with van der Waals surface area (Å²) in [7, 11) is 0. The maximum absolute atomic E-state index is 6.24. The lowest BCUT2D eigenvalue weighted by Crippen LogP contribution is -2.53. The van der Waals surface area contributed by atoms with Gasteiger partial charge in [-0.2, -0.15) is 0 Å². The third kappa shape index (κ3) is 3.76. The molecule has 90 valence electrons. The Kier molecular flexibility index (Phi) is 4.19. The van der Waals surface area contributed by atoms with E-state index in [0.717, 1.165) is 6.54 Å². The number of rotatable bonds is 3. The summed E-state index contributed by atoms with van der Waals surface area (Å²) in [6.07, 6.45) is 5.54. The molecule has 1 aliphatic rings. The predicted octanol–water partition coefficient (Wildman–Crippen LogP) is 2.63. The fourth-order valence-electron chi connectivity index (χ4n) is 2.06. The van der Waals surface area contributed by atoms with Crippen LogP contribution in [0.4, 0.5) is 0 Å². The van der Waals surface area contributed by atoms with Gasteiger partial charge in [0.1, 0.15) is 0 Å². The van der Waals surface area contributed by atoms with Crippen molar-refractivity contribution in [3.05, 3.63) is 0 Å². The van der Waals surface area contributed by atoms with E-state index in [1.54, 1.807) is 0 Å². The third-order valence-corrected chi connectivity index (χ3v) is 4.06. The van der Waals surface area contributed by atoms with Gasteiger partial charge in [0.05, 0.1) is 0 Å². The molecule has 0 aliphatic carbocycles. The Labute approximate surface area is 95.2 Å². The van der Waals surface area contributed by atoms with Crippen LogP contribution in [-0.4, -0.2) is 30.1 Å². The zero-order chi connectivity index (χ0) is 11.5. The van der Waals surface area contributed by atoms with Gasteiger partial charge in [-0.1, -0.05) is 26.7 Å². The van der Waals surface area contributed by atoms with Crippen LogP contribution < -0.4 is 5.73 Å². The lowest BCUT2D eigenvalue weighted by atomic mass is 9.75. The molecule has 0 aromatic rings. The van der Waals surface area contributed by atoms with E-state index in [2.05, 4.69) is 32.6 Å². The Morgan fingerprint density at radius 2 is 1.40 bits per heavy atom. The molecule has 15 heavy (non-hydrogen) atoms. The van der Waals surface area contributed by atoms with Crippen LogP contribution in [0, 0.1) is 5.41 Å². The van der Waals surface area contributed by atoms with Gasteiger partial charge < -0.3 is 10.6 Å². The minimum atomic E-state index is -0.0979. The molecule has 1 aliphatic heterocycles. The van der Waals surface area contributed by atoms with Crippen LogP contribution in [0.25, 0.3) is 0 Å². The van der Waals surface area contributed by atoms with E-state index in [0.29, 0.717) is 0 Å². The lowest BCUT2D eigenvalue weighted by Gasteiger charge is -2.42. The summed E-state index contributed by atoms with van der Waals surface area (Å²) >= 11 is 0. The Balaban J connectivity index is 2.51. The number of hydrogen-bond acceptors (Lipinski definition) is 2. The highest BCUT2D eigenvalue weighted by atomic mass is 15.1. The molecule has 2 N–H and O–H groups in total. The van der Waals surface area contributed by atoms with Gasteiger partial charge in [0.2, 0.25) is 0 Å². The monoisotopic (exact) mass is 212 g/mol. The molecular formula is C13H28N2. The third-order valence-electron chi connectivity index (χ3n) is 4.06. The molecule has 0 aromatic carbocycles. The quantitative estimate of drug-likeness (QED) is 0.779. The summed E-state index contributed by atoms with van der Waals surface area (Å²) in [6, 6.07) is 0. The topological polar surface area (TPSA) is 29.3 Å². The number of nitrogens with zero attached hydrogens (tertiary/aromatic N) is 1. The van der Waals surface area contributed by atoms with Crippen LogP contribution in [0.3, 0.4) is 0 Å². The standard InChI is InChI=1S/C13H28N2/c1-12(2,13(3,4)14)11-15-9-7-5-6-8-10-15/h5-11,14H2,1-4H3. The number of nitrogens with two attached hydrogens (primary N) is 1. The SMILES string of the molecule is CC(C)(N)C(C)(C)CN1CCCCCC1. The second kappa shape index (κ2) is 4.84. The van der Waals surface area contributed by atoms with Crippen molar-refractivity contribution in [2.75, 3.05) is 19.6 Å². The largest absolute Gasteiger partial charge is 0.325 e. The van der Waals surface area contributed by atoms with Crippen LogP contribution in [0.1, 0.15) is 53.4 Å². The molecule has 2 nitrogen and oxygen atoms in total. The van der Waals surface area contributed by atoms with Crippen LogP contribution in [-0.2, 0) is 0 Å². The molecule has 0 aromatic heterocycles. The van der Waals surface area contributed by atoms with Gasteiger partial charge in [0.15, 0.2) is 0 Å².